The summed E-state index contributed by atoms with van der Waals surface area (Å²) in [7, 11) is 1.79. The Kier molecular flexibility index (Phi) is 7.16. The maximum atomic E-state index is 6.13. The van der Waals surface area contributed by atoms with E-state index in [-0.39, 0.29) is 35.6 Å². The minimum atomic E-state index is -0.127. The Morgan fingerprint density at radius 3 is 2.83 bits per heavy atom. The van der Waals surface area contributed by atoms with Crippen LogP contribution in [0.2, 0.25) is 0 Å². The molecule has 1 unspecified atom stereocenters. The topological polar surface area (TPSA) is 68.9 Å². The number of ether oxygens (including phenoxy) is 2. The predicted molar refractivity (Wildman–Crippen MR) is 107 cm³/mol. The number of fused-ring (bicyclic) bond motifs is 1. The van der Waals surface area contributed by atoms with E-state index in [0.717, 1.165) is 30.6 Å². The van der Waals surface area contributed by atoms with Crippen LogP contribution in [0.4, 0.5) is 0 Å². The fourth-order valence-electron chi connectivity index (χ4n) is 3.57. The van der Waals surface area contributed by atoms with E-state index in [2.05, 4.69) is 16.4 Å². The first-order valence-corrected chi connectivity index (χ1v) is 8.56. The molecule has 0 spiro atoms. The molecule has 0 bridgehead atoms. The number of rotatable bonds is 4. The van der Waals surface area contributed by atoms with Crippen molar-refractivity contribution >= 4 is 29.9 Å². The Morgan fingerprint density at radius 1 is 1.33 bits per heavy atom. The zero-order chi connectivity index (χ0) is 16.1. The number of nitrogens with one attached hydrogen (secondary N) is 1. The van der Waals surface area contributed by atoms with E-state index in [0.29, 0.717) is 19.1 Å². The lowest BCUT2D eigenvalue weighted by molar-refractivity contribution is -0.0308. The van der Waals surface area contributed by atoms with Gasteiger partial charge in [0, 0.05) is 19.1 Å². The summed E-state index contributed by atoms with van der Waals surface area (Å²) in [5.41, 5.74) is 7.16. The van der Waals surface area contributed by atoms with Gasteiger partial charge in [-0.1, -0.05) is 37.5 Å². The molecule has 1 heterocycles. The highest BCUT2D eigenvalue weighted by molar-refractivity contribution is 14.0. The second-order valence-electron chi connectivity index (χ2n) is 6.52. The third kappa shape index (κ3) is 4.53. The molecule has 0 aromatic heterocycles. The van der Waals surface area contributed by atoms with Crippen LogP contribution in [0.15, 0.2) is 29.3 Å². The van der Waals surface area contributed by atoms with Crippen LogP contribution in [0.25, 0.3) is 0 Å². The molecule has 0 saturated heterocycles. The lowest BCUT2D eigenvalue weighted by Gasteiger charge is -2.34. The number of nitrogens with two attached hydrogens (primary N) is 1. The van der Waals surface area contributed by atoms with Gasteiger partial charge in [-0.2, -0.15) is 0 Å². The van der Waals surface area contributed by atoms with Crippen LogP contribution in [-0.4, -0.2) is 31.8 Å². The first kappa shape index (κ1) is 19.3. The number of para-hydroxylation sites is 1. The number of methoxy groups -OCH3 is 1. The minimum Gasteiger partial charge on any atom is -0.493 e. The molecule has 1 fully saturated rings. The molecule has 24 heavy (non-hydrogen) atoms. The van der Waals surface area contributed by atoms with E-state index in [1.54, 1.807) is 7.11 Å². The fourth-order valence-corrected chi connectivity index (χ4v) is 3.57. The van der Waals surface area contributed by atoms with E-state index in [1.807, 2.05) is 18.2 Å². The van der Waals surface area contributed by atoms with E-state index in [1.165, 1.54) is 19.3 Å². The second-order valence-corrected chi connectivity index (χ2v) is 6.52. The van der Waals surface area contributed by atoms with Gasteiger partial charge in [-0.05, 0) is 18.9 Å². The summed E-state index contributed by atoms with van der Waals surface area (Å²) in [5.74, 6) is 1.43. The molecule has 1 saturated carbocycles. The molecule has 6 heteroatoms. The second kappa shape index (κ2) is 8.89. The highest BCUT2D eigenvalue weighted by Crippen LogP contribution is 2.32. The normalized spacial score (nSPS) is 22.7. The van der Waals surface area contributed by atoms with Crippen LogP contribution in [0.5, 0.6) is 5.75 Å². The third-order valence-corrected chi connectivity index (χ3v) is 5.02. The van der Waals surface area contributed by atoms with Crippen LogP contribution in [0, 0.1) is 0 Å². The monoisotopic (exact) mass is 445 g/mol. The Morgan fingerprint density at radius 2 is 2.08 bits per heavy atom. The highest BCUT2D eigenvalue weighted by Gasteiger charge is 2.31. The summed E-state index contributed by atoms with van der Waals surface area (Å²) < 4.78 is 11.4. The van der Waals surface area contributed by atoms with Crippen molar-refractivity contribution in [2.45, 2.75) is 50.2 Å². The summed E-state index contributed by atoms with van der Waals surface area (Å²) in [6.45, 7) is 1.33. The average Bonchev–Trinajstić information content (AvgIpc) is 2.61. The Bertz CT molecular complexity index is 559. The van der Waals surface area contributed by atoms with Gasteiger partial charge in [0.25, 0.3) is 0 Å². The number of nitrogens with zero attached hydrogens (tertiary/aromatic N) is 1. The molecule has 0 amide bonds. The van der Waals surface area contributed by atoms with Crippen molar-refractivity contribution in [2.24, 2.45) is 10.7 Å². The molecule has 2 aliphatic rings. The number of hydrogen-bond donors (Lipinski definition) is 2. The number of hydrogen-bond acceptors (Lipinski definition) is 3. The van der Waals surface area contributed by atoms with Crippen molar-refractivity contribution in [2.75, 3.05) is 20.3 Å². The maximum absolute atomic E-state index is 6.13. The predicted octanol–water partition coefficient (Wildman–Crippen LogP) is 3.38. The summed E-state index contributed by atoms with van der Waals surface area (Å²) in [6, 6.07) is 8.26. The van der Waals surface area contributed by atoms with Crippen molar-refractivity contribution in [3.63, 3.8) is 0 Å². The lowest BCUT2D eigenvalue weighted by atomic mass is 9.85. The van der Waals surface area contributed by atoms with Crippen molar-refractivity contribution < 1.29 is 9.47 Å². The van der Waals surface area contributed by atoms with E-state index < -0.39 is 0 Å². The van der Waals surface area contributed by atoms with Gasteiger partial charge in [-0.25, -0.2) is 0 Å². The number of guanidine groups is 1. The summed E-state index contributed by atoms with van der Waals surface area (Å²) in [6.07, 6.45) is 6.75. The van der Waals surface area contributed by atoms with Crippen molar-refractivity contribution in [1.82, 2.24) is 5.32 Å². The molecule has 1 aromatic rings. The van der Waals surface area contributed by atoms with Crippen LogP contribution in [-0.2, 0) is 4.74 Å². The SMILES string of the molecule is COC1(CN=C(N)NC2CCOc3ccccc32)CCCCC1.I. The Hall–Kier alpha value is -1.02. The summed E-state index contributed by atoms with van der Waals surface area (Å²) in [4.78, 5) is 4.58. The van der Waals surface area contributed by atoms with Gasteiger partial charge < -0.3 is 20.5 Å². The van der Waals surface area contributed by atoms with Crippen LogP contribution in [0.1, 0.15) is 50.1 Å². The summed E-state index contributed by atoms with van der Waals surface area (Å²) >= 11 is 0. The van der Waals surface area contributed by atoms with Gasteiger partial charge in [0.2, 0.25) is 0 Å². The molecular formula is C18H28IN3O2. The fraction of sp³-hybridized carbons (Fsp3) is 0.611. The quantitative estimate of drug-likeness (QED) is 0.424. The van der Waals surface area contributed by atoms with Crippen LogP contribution < -0.4 is 15.8 Å². The van der Waals surface area contributed by atoms with Gasteiger partial charge in [0.1, 0.15) is 5.75 Å². The number of aliphatic imine (C=N–C) groups is 1. The molecule has 3 rings (SSSR count). The first-order valence-electron chi connectivity index (χ1n) is 8.56. The van der Waals surface area contributed by atoms with Gasteiger partial charge in [0.15, 0.2) is 5.96 Å². The zero-order valence-corrected chi connectivity index (χ0v) is 16.6. The van der Waals surface area contributed by atoms with Crippen molar-refractivity contribution in [3.8, 4) is 5.75 Å². The van der Waals surface area contributed by atoms with E-state index in [9.17, 15) is 0 Å². The average molecular weight is 445 g/mol. The molecular weight excluding hydrogens is 417 g/mol. The lowest BCUT2D eigenvalue weighted by Crippen LogP contribution is -2.41. The highest BCUT2D eigenvalue weighted by atomic mass is 127. The van der Waals surface area contributed by atoms with Gasteiger partial charge >= 0.3 is 0 Å². The van der Waals surface area contributed by atoms with E-state index in [4.69, 9.17) is 15.2 Å². The molecule has 3 N–H and O–H groups in total. The van der Waals surface area contributed by atoms with Gasteiger partial charge in [-0.3, -0.25) is 4.99 Å². The van der Waals surface area contributed by atoms with Gasteiger partial charge in [-0.15, -0.1) is 24.0 Å². The smallest absolute Gasteiger partial charge is 0.189 e. The zero-order valence-electron chi connectivity index (χ0n) is 14.3. The molecule has 1 aliphatic heterocycles. The molecule has 5 nitrogen and oxygen atoms in total. The number of benzene rings is 1. The molecule has 0 radical (unpaired) electrons. The maximum Gasteiger partial charge on any atom is 0.189 e. The Balaban J connectivity index is 0.00000208. The molecule has 1 aliphatic carbocycles. The van der Waals surface area contributed by atoms with Gasteiger partial charge in [0.05, 0.1) is 24.8 Å². The van der Waals surface area contributed by atoms with Crippen LogP contribution in [0.3, 0.4) is 0 Å². The molecule has 1 atom stereocenters. The molecule has 134 valence electrons. The molecule has 1 aromatic carbocycles. The first-order chi connectivity index (χ1) is 11.2. The van der Waals surface area contributed by atoms with Crippen molar-refractivity contribution in [3.05, 3.63) is 29.8 Å². The summed E-state index contributed by atoms with van der Waals surface area (Å²) in [5, 5.41) is 3.35. The minimum absolute atomic E-state index is 0. The number of halogens is 1. The largest absolute Gasteiger partial charge is 0.493 e. The standard InChI is InChI=1S/C18H27N3O2.HI/c1-22-18(10-5-2-6-11-18)13-20-17(19)21-15-9-12-23-16-8-4-3-7-14(15)16;/h3-4,7-8,15H,2,5-6,9-13H2,1H3,(H3,19,20,21);1H. The third-order valence-electron chi connectivity index (χ3n) is 5.02. The van der Waals surface area contributed by atoms with E-state index >= 15 is 0 Å². The van der Waals surface area contributed by atoms with Crippen molar-refractivity contribution in [1.29, 1.82) is 0 Å². The Labute approximate surface area is 161 Å². The van der Waals surface area contributed by atoms with Crippen LogP contribution >= 0.6 is 24.0 Å².